The van der Waals surface area contributed by atoms with Gasteiger partial charge in [0.05, 0.1) is 55.9 Å². The second-order valence-electron chi connectivity index (χ2n) is 26.6. The van der Waals surface area contributed by atoms with E-state index in [2.05, 4.69) is 47.6 Å². The van der Waals surface area contributed by atoms with Crippen molar-refractivity contribution in [2.45, 2.75) is 248 Å². The lowest BCUT2D eigenvalue weighted by Crippen LogP contribution is -2.64. The molecule has 3 saturated heterocycles. The third-order valence-electron chi connectivity index (χ3n) is 21.4. The lowest BCUT2D eigenvalue weighted by atomic mass is 9.38. The molecular weight excluding hydrogens is 1020 g/mol. The van der Waals surface area contributed by atoms with Gasteiger partial charge in [-0.15, -0.1) is 0 Å². The summed E-state index contributed by atoms with van der Waals surface area (Å²) in [6.07, 6.45) is -19.9. The highest BCUT2D eigenvalue weighted by molar-refractivity contribution is 5.88. The minimum Gasteiger partial charge on any atom is -0.396 e. The molecular formula is C56H94O22. The van der Waals surface area contributed by atoms with E-state index in [1.54, 1.807) is 20.8 Å². The predicted molar refractivity (Wildman–Crippen MR) is 273 cm³/mol. The first kappa shape index (κ1) is 62.6. The number of carbonyl (C=O) groups is 1. The van der Waals surface area contributed by atoms with Gasteiger partial charge in [0.1, 0.15) is 79.0 Å². The summed E-state index contributed by atoms with van der Waals surface area (Å²) in [5, 5.41) is 149. The number of carbonyl (C=O) groups excluding carboxylic acids is 1. The molecule has 4 unspecified atom stereocenters. The number of aliphatic hydroxyl groups excluding tert-OH is 13. The van der Waals surface area contributed by atoms with Crippen molar-refractivity contribution < 1.29 is 109 Å². The van der Waals surface area contributed by atoms with Crippen molar-refractivity contribution in [1.29, 1.82) is 0 Å². The van der Waals surface area contributed by atoms with Crippen LogP contribution < -0.4 is 0 Å². The SMILES string of the molecule is C[C@H]1[C@H](O)[C@@H](CO)OC(OC[C@H]2O[C@@H](O[C@H](CC[C@@H](C)C3CC[C@@]4(C)C5CC=C6C(CC[C@H](O[C@@H]7O[C@H](CO[C@@H]8C[C@H](CO)[C@@H](O)[C@H](O)[C@H]8O)[C@@H](O)[C@H](O)[C@H]7O)C6(C)C)[C@]5(C)C(=O)C[C@]34C)C(C)(C)O)[C@H](O)[C@@H](O)[C@@H]2O)[C@@H]1O. The van der Waals surface area contributed by atoms with Gasteiger partial charge in [0.25, 0.3) is 0 Å². The van der Waals surface area contributed by atoms with E-state index in [1.807, 2.05) is 0 Å². The Labute approximate surface area is 457 Å². The topological polar surface area (TPSA) is 365 Å². The third kappa shape index (κ3) is 11.0. The van der Waals surface area contributed by atoms with E-state index < -0.39 is 171 Å². The van der Waals surface area contributed by atoms with Crippen molar-refractivity contribution in [3.05, 3.63) is 11.6 Å². The van der Waals surface area contributed by atoms with Gasteiger partial charge in [-0.3, -0.25) is 4.79 Å². The monoisotopic (exact) mass is 1120 g/mol. The van der Waals surface area contributed by atoms with Crippen molar-refractivity contribution in [3.63, 3.8) is 0 Å². The summed E-state index contributed by atoms with van der Waals surface area (Å²) in [5.74, 6) is -1.17. The molecule has 0 spiro atoms. The molecule has 29 atom stereocenters. The van der Waals surface area contributed by atoms with Gasteiger partial charge in [-0.2, -0.15) is 0 Å². The fraction of sp³-hybridized carbons (Fsp3) is 0.946. The van der Waals surface area contributed by atoms with Crippen LogP contribution in [-0.2, 0) is 38.0 Å². The molecule has 3 aliphatic heterocycles. The molecule has 3 heterocycles. The number of hydrogen-bond acceptors (Lipinski definition) is 22. The maximum Gasteiger partial charge on any atom is 0.187 e. The van der Waals surface area contributed by atoms with Gasteiger partial charge in [-0.1, -0.05) is 60.1 Å². The number of Topliss-reactive ketones (excluding diaryl/α,β-unsaturated/α-hetero) is 1. The van der Waals surface area contributed by atoms with E-state index in [-0.39, 0.29) is 53.3 Å². The Bertz CT molecular complexity index is 2070. The number of aliphatic hydroxyl groups is 14. The van der Waals surface area contributed by atoms with Crippen LogP contribution in [0.25, 0.3) is 0 Å². The largest absolute Gasteiger partial charge is 0.396 e. The molecule has 4 saturated carbocycles. The van der Waals surface area contributed by atoms with Crippen LogP contribution in [0.4, 0.5) is 0 Å². The average molecular weight is 1120 g/mol. The number of hydrogen-bond donors (Lipinski definition) is 14. The molecule has 0 radical (unpaired) electrons. The number of ether oxygens (including phenoxy) is 7. The van der Waals surface area contributed by atoms with Gasteiger partial charge in [-0.25, -0.2) is 0 Å². The summed E-state index contributed by atoms with van der Waals surface area (Å²) >= 11 is 0. The first-order valence-corrected chi connectivity index (χ1v) is 28.6. The molecule has 0 aromatic carbocycles. The molecule has 0 amide bonds. The fourth-order valence-electron chi connectivity index (χ4n) is 15.9. The van der Waals surface area contributed by atoms with Crippen LogP contribution in [0, 0.1) is 57.2 Å². The molecule has 0 aromatic rings. The number of fused-ring (bicyclic) bond motifs is 5. The fourth-order valence-corrected chi connectivity index (χ4v) is 15.9. The summed E-state index contributed by atoms with van der Waals surface area (Å²) in [6.45, 7) is 16.0. The second kappa shape index (κ2) is 23.6. The second-order valence-corrected chi connectivity index (χ2v) is 26.6. The molecule has 7 fully saturated rings. The smallest absolute Gasteiger partial charge is 0.187 e. The molecule has 5 aliphatic carbocycles. The maximum absolute atomic E-state index is 15.2. The Hall–Kier alpha value is -1.43. The van der Waals surface area contributed by atoms with Crippen LogP contribution in [0.15, 0.2) is 11.6 Å². The normalized spacial score (nSPS) is 50.5. The van der Waals surface area contributed by atoms with Gasteiger partial charge in [0, 0.05) is 35.7 Å². The van der Waals surface area contributed by atoms with Crippen molar-refractivity contribution in [3.8, 4) is 0 Å². The Morgan fingerprint density at radius 2 is 1.26 bits per heavy atom. The van der Waals surface area contributed by atoms with E-state index >= 15 is 4.79 Å². The summed E-state index contributed by atoms with van der Waals surface area (Å²) in [4.78, 5) is 15.2. The van der Waals surface area contributed by atoms with E-state index in [0.717, 1.165) is 18.4 Å². The third-order valence-corrected chi connectivity index (χ3v) is 21.4. The van der Waals surface area contributed by atoms with Crippen LogP contribution in [0.2, 0.25) is 0 Å². The molecule has 8 aliphatic rings. The van der Waals surface area contributed by atoms with E-state index in [9.17, 15) is 71.5 Å². The molecule has 0 aromatic heterocycles. The van der Waals surface area contributed by atoms with Gasteiger partial charge in [0.15, 0.2) is 18.9 Å². The lowest BCUT2D eigenvalue weighted by Gasteiger charge is -2.65. The van der Waals surface area contributed by atoms with Gasteiger partial charge < -0.3 is 105 Å². The van der Waals surface area contributed by atoms with Gasteiger partial charge in [-0.05, 0) is 99.7 Å². The minimum atomic E-state index is -1.73. The van der Waals surface area contributed by atoms with Crippen molar-refractivity contribution in [2.75, 3.05) is 26.4 Å². The predicted octanol–water partition coefficient (Wildman–Crippen LogP) is -1.08. The van der Waals surface area contributed by atoms with Crippen LogP contribution in [0.1, 0.15) is 120 Å². The Morgan fingerprint density at radius 1 is 0.667 bits per heavy atom. The van der Waals surface area contributed by atoms with Crippen molar-refractivity contribution in [1.82, 2.24) is 0 Å². The van der Waals surface area contributed by atoms with Crippen LogP contribution in [0.3, 0.4) is 0 Å². The van der Waals surface area contributed by atoms with Crippen LogP contribution >= 0.6 is 0 Å². The highest BCUT2D eigenvalue weighted by Crippen LogP contribution is 2.74. The maximum atomic E-state index is 15.2. The van der Waals surface area contributed by atoms with Crippen molar-refractivity contribution >= 4 is 5.78 Å². The highest BCUT2D eigenvalue weighted by atomic mass is 16.7. The summed E-state index contributed by atoms with van der Waals surface area (Å²) in [6, 6.07) is 0. The zero-order valence-corrected chi connectivity index (χ0v) is 46.8. The van der Waals surface area contributed by atoms with Crippen molar-refractivity contribution in [2.24, 2.45) is 57.2 Å². The van der Waals surface area contributed by atoms with Crippen LogP contribution in [0.5, 0.6) is 0 Å². The Balaban J connectivity index is 0.910. The zero-order chi connectivity index (χ0) is 57.5. The summed E-state index contributed by atoms with van der Waals surface area (Å²) in [5.41, 5.74) is -2.33. The number of ketones is 1. The lowest BCUT2D eigenvalue weighted by molar-refractivity contribution is -0.338. The first-order valence-electron chi connectivity index (χ1n) is 28.6. The quantitative estimate of drug-likeness (QED) is 0.0770. The molecule has 8 rings (SSSR count). The first-order chi connectivity index (χ1) is 36.4. The minimum absolute atomic E-state index is 0.0120. The van der Waals surface area contributed by atoms with E-state index in [4.69, 9.17) is 33.2 Å². The zero-order valence-electron chi connectivity index (χ0n) is 46.8. The average Bonchev–Trinajstić information content (AvgIpc) is 3.82. The Morgan fingerprint density at radius 3 is 1.87 bits per heavy atom. The molecule has 22 nitrogen and oxygen atoms in total. The Kier molecular flexibility index (Phi) is 18.9. The molecule has 0 bridgehead atoms. The van der Waals surface area contributed by atoms with E-state index in [0.29, 0.717) is 38.5 Å². The van der Waals surface area contributed by atoms with Crippen LogP contribution in [-0.4, -0.2) is 232 Å². The molecule has 22 heteroatoms. The number of rotatable bonds is 17. The highest BCUT2D eigenvalue weighted by Gasteiger charge is 2.70. The van der Waals surface area contributed by atoms with Gasteiger partial charge >= 0.3 is 0 Å². The molecule has 450 valence electrons. The summed E-state index contributed by atoms with van der Waals surface area (Å²) in [7, 11) is 0. The number of allylic oxidation sites excluding steroid dienone is 1. The summed E-state index contributed by atoms with van der Waals surface area (Å²) < 4.78 is 42.1. The van der Waals surface area contributed by atoms with Gasteiger partial charge in [0.2, 0.25) is 0 Å². The standard InChI is InChI=1S/C56H94O22/c1-24(10-14-37(53(5,6)71)78-51-48(70)46(68)43(65)33(76-51)23-73-49-39(61)25(2)38(60)31(21-58)74-49)27-16-17-54(7)34-13-11-28-29(56(34,9)35(59)19-55(27,54)8)12-15-36(52(28,3)4)77-50-47(69)45(67)42(64)32(75-50)22-72-30-18-26(20-57)40(62)44(66)41(30)63/h11,24-27,29-34,36-51,57-58,60-71H,10,12-23H2,1-9H3/t24-,25+,26-,27?,29?,30-,31-,32-,33-,34?,36+,37-,38+,39-,40-,41+,42-,43-,44+,45+,46+,47-,48-,49?,50+,51+,54+,55-,56+/m1/s1. The van der Waals surface area contributed by atoms with E-state index in [1.165, 1.54) is 0 Å². The molecule has 14 N–H and O–H groups in total. The molecule has 78 heavy (non-hydrogen) atoms.